The van der Waals surface area contributed by atoms with E-state index in [1.165, 1.54) is 13.0 Å². The normalized spacial score (nSPS) is 11.1. The van der Waals surface area contributed by atoms with E-state index >= 15 is 0 Å². The predicted octanol–water partition coefficient (Wildman–Crippen LogP) is 5.20. The molecule has 0 amide bonds. The molecule has 0 saturated heterocycles. The van der Waals surface area contributed by atoms with E-state index in [9.17, 15) is 22.8 Å². The Morgan fingerprint density at radius 2 is 1.54 bits per heavy atom. The Morgan fingerprint density at radius 1 is 0.929 bits per heavy atom. The fraction of sp³-hybridized carbons (Fsp3) is 0.238. The summed E-state index contributed by atoms with van der Waals surface area (Å²) in [5.74, 6) is -5.91. The van der Waals surface area contributed by atoms with Crippen molar-refractivity contribution in [2.75, 3.05) is 0 Å². The standard InChI is InChI=1S/C21H19F3O4/c1-11(2)19(25)28-16-9-8-14(17(23)18(16)24)13-7-6-12(10-15(13)22)27-20(26)21(3,4)5/h6-10H,1H2,2-5H3. The van der Waals surface area contributed by atoms with Crippen LogP contribution < -0.4 is 9.47 Å². The Labute approximate surface area is 160 Å². The molecular weight excluding hydrogens is 373 g/mol. The highest BCUT2D eigenvalue weighted by atomic mass is 19.2. The van der Waals surface area contributed by atoms with Gasteiger partial charge in [-0.25, -0.2) is 13.6 Å². The SMILES string of the molecule is C=C(C)C(=O)Oc1ccc(-c2ccc(OC(=O)C(C)(C)C)cc2F)c(F)c1F. The maximum absolute atomic E-state index is 14.4. The summed E-state index contributed by atoms with van der Waals surface area (Å²) in [5.41, 5.74) is -1.40. The average Bonchev–Trinajstić information content (AvgIpc) is 2.59. The van der Waals surface area contributed by atoms with Crippen molar-refractivity contribution in [1.29, 1.82) is 0 Å². The average molecular weight is 392 g/mol. The first kappa shape index (κ1) is 21.2. The summed E-state index contributed by atoms with van der Waals surface area (Å²) < 4.78 is 52.8. The van der Waals surface area contributed by atoms with Gasteiger partial charge >= 0.3 is 11.9 Å². The Balaban J connectivity index is 2.35. The molecular formula is C21H19F3O4. The number of rotatable bonds is 4. The molecule has 7 heteroatoms. The van der Waals surface area contributed by atoms with Crippen molar-refractivity contribution in [1.82, 2.24) is 0 Å². The van der Waals surface area contributed by atoms with Gasteiger partial charge in [-0.15, -0.1) is 0 Å². The molecule has 2 aromatic rings. The lowest BCUT2D eigenvalue weighted by Gasteiger charge is -2.16. The third-order valence-electron chi connectivity index (χ3n) is 3.65. The molecule has 2 aromatic carbocycles. The van der Waals surface area contributed by atoms with Crippen LogP contribution in [-0.4, -0.2) is 11.9 Å². The smallest absolute Gasteiger partial charge is 0.338 e. The summed E-state index contributed by atoms with van der Waals surface area (Å²) in [6.45, 7) is 9.62. The van der Waals surface area contributed by atoms with Crippen molar-refractivity contribution in [2.24, 2.45) is 5.41 Å². The number of esters is 2. The van der Waals surface area contributed by atoms with Gasteiger partial charge in [-0.05, 0) is 52.0 Å². The Hall–Kier alpha value is -3.09. The minimum absolute atomic E-state index is 0.00956. The highest BCUT2D eigenvalue weighted by Gasteiger charge is 2.25. The lowest BCUT2D eigenvalue weighted by Crippen LogP contribution is -2.25. The van der Waals surface area contributed by atoms with E-state index in [2.05, 4.69) is 6.58 Å². The summed E-state index contributed by atoms with van der Waals surface area (Å²) in [4.78, 5) is 23.3. The van der Waals surface area contributed by atoms with Crippen LogP contribution >= 0.6 is 0 Å². The first-order valence-corrected chi connectivity index (χ1v) is 8.29. The van der Waals surface area contributed by atoms with Crippen molar-refractivity contribution in [2.45, 2.75) is 27.7 Å². The van der Waals surface area contributed by atoms with E-state index in [4.69, 9.17) is 9.47 Å². The van der Waals surface area contributed by atoms with Gasteiger partial charge in [0.2, 0.25) is 5.82 Å². The van der Waals surface area contributed by atoms with Gasteiger partial charge in [0.25, 0.3) is 0 Å². The molecule has 0 atom stereocenters. The van der Waals surface area contributed by atoms with Crippen molar-refractivity contribution in [3.8, 4) is 22.6 Å². The Morgan fingerprint density at radius 3 is 2.07 bits per heavy atom. The zero-order valence-corrected chi connectivity index (χ0v) is 15.9. The summed E-state index contributed by atoms with van der Waals surface area (Å²) in [6.07, 6.45) is 0. The van der Waals surface area contributed by atoms with Crippen molar-refractivity contribution in [3.05, 3.63) is 59.9 Å². The first-order valence-electron chi connectivity index (χ1n) is 8.29. The van der Waals surface area contributed by atoms with Crippen LogP contribution in [0.5, 0.6) is 11.5 Å². The number of carbonyl (C=O) groups excluding carboxylic acids is 2. The molecule has 0 aliphatic heterocycles. The number of carbonyl (C=O) groups is 2. The molecule has 148 valence electrons. The van der Waals surface area contributed by atoms with Crippen molar-refractivity contribution >= 4 is 11.9 Å². The third kappa shape index (κ3) is 4.60. The second-order valence-electron chi connectivity index (χ2n) is 7.19. The van der Waals surface area contributed by atoms with Gasteiger partial charge in [-0.1, -0.05) is 6.58 Å². The van der Waals surface area contributed by atoms with Gasteiger partial charge in [0, 0.05) is 22.8 Å². The molecule has 4 nitrogen and oxygen atoms in total. The third-order valence-corrected chi connectivity index (χ3v) is 3.65. The van der Waals surface area contributed by atoms with Crippen LogP contribution in [0, 0.1) is 22.9 Å². The number of ether oxygens (including phenoxy) is 2. The van der Waals surface area contributed by atoms with Gasteiger partial charge in [-0.3, -0.25) is 4.79 Å². The predicted molar refractivity (Wildman–Crippen MR) is 97.3 cm³/mol. The molecule has 0 N–H and O–H groups in total. The molecule has 0 aliphatic rings. The van der Waals surface area contributed by atoms with Gasteiger partial charge in [-0.2, -0.15) is 4.39 Å². The van der Waals surface area contributed by atoms with Crippen LogP contribution in [0.2, 0.25) is 0 Å². The van der Waals surface area contributed by atoms with Crippen LogP contribution in [0.25, 0.3) is 11.1 Å². The van der Waals surface area contributed by atoms with E-state index in [1.807, 2.05) is 0 Å². The van der Waals surface area contributed by atoms with E-state index in [0.717, 1.165) is 24.3 Å². The lowest BCUT2D eigenvalue weighted by atomic mass is 9.97. The molecule has 0 aromatic heterocycles. The van der Waals surface area contributed by atoms with Gasteiger partial charge < -0.3 is 9.47 Å². The fourth-order valence-corrected chi connectivity index (χ4v) is 2.04. The van der Waals surface area contributed by atoms with Crippen molar-refractivity contribution in [3.63, 3.8) is 0 Å². The molecule has 28 heavy (non-hydrogen) atoms. The maximum Gasteiger partial charge on any atom is 0.338 e. The highest BCUT2D eigenvalue weighted by molar-refractivity contribution is 5.89. The summed E-state index contributed by atoms with van der Waals surface area (Å²) in [7, 11) is 0. The second-order valence-corrected chi connectivity index (χ2v) is 7.19. The quantitative estimate of drug-likeness (QED) is 0.408. The molecule has 2 rings (SSSR count). The molecule has 0 saturated carbocycles. The maximum atomic E-state index is 14.4. The van der Waals surface area contributed by atoms with Crippen LogP contribution in [-0.2, 0) is 9.59 Å². The molecule has 0 spiro atoms. The van der Waals surface area contributed by atoms with Crippen molar-refractivity contribution < 1.29 is 32.2 Å². The van der Waals surface area contributed by atoms with E-state index in [0.29, 0.717) is 0 Å². The van der Waals surface area contributed by atoms with Gasteiger partial charge in [0.1, 0.15) is 11.6 Å². The van der Waals surface area contributed by atoms with E-state index in [1.54, 1.807) is 20.8 Å². The summed E-state index contributed by atoms with van der Waals surface area (Å²) >= 11 is 0. The molecule has 0 fully saturated rings. The summed E-state index contributed by atoms with van der Waals surface area (Å²) in [5, 5.41) is 0. The number of hydrogen-bond acceptors (Lipinski definition) is 4. The molecule has 0 unspecified atom stereocenters. The fourth-order valence-electron chi connectivity index (χ4n) is 2.04. The number of benzene rings is 2. The second kappa shape index (κ2) is 7.88. The monoisotopic (exact) mass is 392 g/mol. The Bertz CT molecular complexity index is 959. The highest BCUT2D eigenvalue weighted by Crippen LogP contribution is 2.33. The van der Waals surface area contributed by atoms with Crippen LogP contribution in [0.15, 0.2) is 42.5 Å². The van der Waals surface area contributed by atoms with E-state index in [-0.39, 0.29) is 22.4 Å². The number of hydrogen-bond donors (Lipinski definition) is 0. The van der Waals surface area contributed by atoms with E-state index < -0.39 is 40.6 Å². The zero-order chi connectivity index (χ0) is 21.2. The Kier molecular flexibility index (Phi) is 5.97. The summed E-state index contributed by atoms with van der Waals surface area (Å²) in [6, 6.07) is 5.44. The van der Waals surface area contributed by atoms with Crippen LogP contribution in [0.4, 0.5) is 13.2 Å². The number of halogens is 3. The van der Waals surface area contributed by atoms with Gasteiger partial charge in [0.05, 0.1) is 5.41 Å². The largest absolute Gasteiger partial charge is 0.426 e. The molecule has 0 aliphatic carbocycles. The molecule has 0 heterocycles. The van der Waals surface area contributed by atoms with Crippen LogP contribution in [0.3, 0.4) is 0 Å². The lowest BCUT2D eigenvalue weighted by molar-refractivity contribution is -0.143. The topological polar surface area (TPSA) is 52.6 Å². The first-order chi connectivity index (χ1) is 12.9. The van der Waals surface area contributed by atoms with Crippen LogP contribution in [0.1, 0.15) is 27.7 Å². The molecule has 0 bridgehead atoms. The minimum atomic E-state index is -1.44. The van der Waals surface area contributed by atoms with Gasteiger partial charge in [0.15, 0.2) is 11.6 Å². The molecule has 0 radical (unpaired) electrons. The zero-order valence-electron chi connectivity index (χ0n) is 15.9. The minimum Gasteiger partial charge on any atom is -0.426 e.